The lowest BCUT2D eigenvalue weighted by Gasteiger charge is -2.31. The van der Waals surface area contributed by atoms with Crippen LogP contribution in [-0.2, 0) is 12.1 Å². The number of hydrogen-bond donors (Lipinski definition) is 2. The van der Waals surface area contributed by atoms with Crippen LogP contribution in [0.2, 0.25) is 0 Å². The molecule has 0 aliphatic carbocycles. The fourth-order valence-corrected chi connectivity index (χ4v) is 4.49. The molecule has 2 aromatic heterocycles. The molecule has 0 saturated carbocycles. The van der Waals surface area contributed by atoms with E-state index >= 15 is 0 Å². The van der Waals surface area contributed by atoms with Gasteiger partial charge in [-0.3, -0.25) is 0 Å². The van der Waals surface area contributed by atoms with E-state index in [-0.39, 0.29) is 23.1 Å². The largest absolute Gasteiger partial charge is 0.425 e. The summed E-state index contributed by atoms with van der Waals surface area (Å²) in [6.07, 6.45) is -3.20. The van der Waals surface area contributed by atoms with E-state index in [1.807, 2.05) is 0 Å². The molecule has 2 heterocycles. The molecule has 5 aromatic rings. The highest BCUT2D eigenvalue weighted by atomic mass is 19.4. The Morgan fingerprint density at radius 1 is 0.971 bits per heavy atom. The Morgan fingerprint density at radius 2 is 1.69 bits per heavy atom. The van der Waals surface area contributed by atoms with Crippen LogP contribution in [0.5, 0.6) is 0 Å². The van der Waals surface area contributed by atoms with Gasteiger partial charge >= 0.3 is 6.18 Å². The highest BCUT2D eigenvalue weighted by Crippen LogP contribution is 2.47. The number of rotatable bonds is 5. The van der Waals surface area contributed by atoms with Crippen molar-refractivity contribution < 1.29 is 27.8 Å². The summed E-state index contributed by atoms with van der Waals surface area (Å²) in [6.45, 7) is 1.61. The van der Waals surface area contributed by atoms with Crippen LogP contribution in [0.3, 0.4) is 0 Å². The normalized spacial score (nSPS) is 14.9. The summed E-state index contributed by atoms with van der Waals surface area (Å²) in [7, 11) is 0. The number of para-hydroxylation sites is 1. The van der Waals surface area contributed by atoms with Crippen molar-refractivity contribution in [2.24, 2.45) is 0 Å². The van der Waals surface area contributed by atoms with E-state index in [0.29, 0.717) is 22.1 Å². The molecule has 2 N–H and O–H groups in total. The van der Waals surface area contributed by atoms with Crippen LogP contribution in [0.25, 0.3) is 27.5 Å². The van der Waals surface area contributed by atoms with Gasteiger partial charge in [0.05, 0.1) is 23.5 Å². The summed E-state index contributed by atoms with van der Waals surface area (Å²) in [6, 6.07) is 15.9. The Morgan fingerprint density at radius 3 is 2.37 bits per heavy atom. The van der Waals surface area contributed by atoms with Crippen molar-refractivity contribution in [2.45, 2.75) is 31.3 Å². The van der Waals surface area contributed by atoms with Gasteiger partial charge in [0.2, 0.25) is 5.60 Å². The van der Waals surface area contributed by atoms with Gasteiger partial charge < -0.3 is 14.8 Å². The van der Waals surface area contributed by atoms with Crippen molar-refractivity contribution in [3.63, 3.8) is 0 Å². The zero-order valence-electron chi connectivity index (χ0n) is 18.5. The number of aromatic nitrogens is 3. The lowest BCUT2D eigenvalue weighted by atomic mass is 9.85. The first-order chi connectivity index (χ1) is 16.6. The smallest absolute Gasteiger partial charge is 0.392 e. The summed E-state index contributed by atoms with van der Waals surface area (Å²) >= 11 is 0. The third-order valence-electron chi connectivity index (χ3n) is 6.11. The van der Waals surface area contributed by atoms with Crippen molar-refractivity contribution in [3.05, 3.63) is 96.1 Å². The van der Waals surface area contributed by atoms with Crippen LogP contribution in [0.1, 0.15) is 18.1 Å². The minimum atomic E-state index is -5.05. The molecule has 5 rings (SSSR count). The third-order valence-corrected chi connectivity index (χ3v) is 6.11. The second kappa shape index (κ2) is 8.21. The first-order valence-electron chi connectivity index (χ1n) is 10.9. The molecule has 0 bridgehead atoms. The number of benzene rings is 3. The van der Waals surface area contributed by atoms with Gasteiger partial charge in [-0.05, 0) is 55.0 Å². The van der Waals surface area contributed by atoms with Gasteiger partial charge in [-0.2, -0.15) is 18.3 Å². The Bertz CT molecular complexity index is 1520. The lowest BCUT2D eigenvalue weighted by molar-refractivity contribution is -0.247. The second-order valence-corrected chi connectivity index (χ2v) is 8.58. The van der Waals surface area contributed by atoms with E-state index in [9.17, 15) is 27.8 Å². The Labute approximate surface area is 197 Å². The van der Waals surface area contributed by atoms with E-state index in [0.717, 1.165) is 0 Å². The number of nitrogens with zero attached hydrogens (tertiary/aromatic N) is 3. The van der Waals surface area contributed by atoms with Gasteiger partial charge in [-0.1, -0.05) is 24.3 Å². The second-order valence-electron chi connectivity index (χ2n) is 8.58. The zero-order valence-corrected chi connectivity index (χ0v) is 18.5. The number of aliphatic hydroxyl groups is 2. The minimum absolute atomic E-state index is 0.0674. The van der Waals surface area contributed by atoms with Crippen LogP contribution < -0.4 is 0 Å². The highest BCUT2D eigenvalue weighted by molar-refractivity contribution is 5.87. The van der Waals surface area contributed by atoms with Gasteiger partial charge in [-0.25, -0.2) is 9.07 Å². The summed E-state index contributed by atoms with van der Waals surface area (Å²) in [5.74, 6) is -0.419. The van der Waals surface area contributed by atoms with Crippen molar-refractivity contribution >= 4 is 21.8 Å². The van der Waals surface area contributed by atoms with Crippen molar-refractivity contribution in [1.82, 2.24) is 14.3 Å². The maximum atomic E-state index is 14.6. The maximum Gasteiger partial charge on any atom is 0.425 e. The van der Waals surface area contributed by atoms with Gasteiger partial charge in [0, 0.05) is 34.6 Å². The third kappa shape index (κ3) is 3.77. The zero-order chi connectivity index (χ0) is 25.0. The number of halogens is 4. The molecule has 3 aromatic carbocycles. The molecule has 35 heavy (non-hydrogen) atoms. The van der Waals surface area contributed by atoms with E-state index in [1.165, 1.54) is 77.1 Å². The quantitative estimate of drug-likeness (QED) is 0.334. The summed E-state index contributed by atoms with van der Waals surface area (Å²) in [5.41, 5.74) is -2.50. The number of aliphatic hydroxyl groups excluding tert-OH is 1. The predicted molar refractivity (Wildman–Crippen MR) is 124 cm³/mol. The van der Waals surface area contributed by atoms with Crippen LogP contribution in [0.4, 0.5) is 17.6 Å². The van der Waals surface area contributed by atoms with Gasteiger partial charge in [0.1, 0.15) is 5.82 Å². The highest BCUT2D eigenvalue weighted by Gasteiger charge is 2.57. The summed E-state index contributed by atoms with van der Waals surface area (Å²) in [5, 5.41) is 26.1. The molecular weight excluding hydrogens is 462 g/mol. The molecule has 2 atom stereocenters. The molecule has 0 aliphatic rings. The molecule has 0 radical (unpaired) electrons. The molecule has 9 heteroatoms. The Kier molecular flexibility index (Phi) is 5.41. The van der Waals surface area contributed by atoms with Gasteiger partial charge in [0.25, 0.3) is 0 Å². The number of hydrogen-bond acceptors (Lipinski definition) is 3. The molecular formula is C26H21F4N3O2. The van der Waals surface area contributed by atoms with Crippen LogP contribution in [0, 0.1) is 5.82 Å². The van der Waals surface area contributed by atoms with Crippen LogP contribution in [-0.4, -0.2) is 36.8 Å². The van der Waals surface area contributed by atoms with Crippen molar-refractivity contribution in [3.8, 4) is 5.69 Å². The first kappa shape index (κ1) is 23.1. The van der Waals surface area contributed by atoms with E-state index in [1.54, 1.807) is 18.2 Å². The monoisotopic (exact) mass is 483 g/mol. The van der Waals surface area contributed by atoms with E-state index in [4.69, 9.17) is 0 Å². The van der Waals surface area contributed by atoms with Crippen LogP contribution >= 0.6 is 0 Å². The predicted octanol–water partition coefficient (Wildman–Crippen LogP) is 5.30. The number of alkyl halides is 3. The average molecular weight is 483 g/mol. The fraction of sp³-hybridized carbons (Fsp3) is 0.192. The molecule has 0 saturated heterocycles. The first-order valence-corrected chi connectivity index (χ1v) is 10.9. The number of fused-ring (bicyclic) bond motifs is 2. The van der Waals surface area contributed by atoms with E-state index < -0.39 is 23.7 Å². The molecule has 0 spiro atoms. The Hall–Kier alpha value is -3.69. The molecule has 0 aliphatic heterocycles. The van der Waals surface area contributed by atoms with E-state index in [2.05, 4.69) is 5.10 Å². The summed E-state index contributed by atoms with van der Waals surface area (Å²) < 4.78 is 60.2. The van der Waals surface area contributed by atoms with Gasteiger partial charge in [0.15, 0.2) is 0 Å². The summed E-state index contributed by atoms with van der Waals surface area (Å²) in [4.78, 5) is 0. The molecule has 180 valence electrons. The molecule has 0 amide bonds. The van der Waals surface area contributed by atoms with Gasteiger partial charge in [-0.15, -0.1) is 0 Å². The SMILES string of the molecule is C[C@@H](O)Cn1cc(C(O)(c2ccc3c(cnn3-c3ccc(F)cc3)c2)C(F)(F)F)c2ccccc21. The standard InChI is InChI=1S/C26H21F4N3O2/c1-16(34)14-32-15-22(21-4-2-3-5-24(21)32)25(35,26(28,29)30)18-6-11-23-17(12-18)13-31-33(23)20-9-7-19(27)8-10-20/h2-13,15-16,34-35H,14H2,1H3/t16-,25?/m1/s1. The average Bonchev–Trinajstić information content (AvgIpc) is 3.40. The van der Waals surface area contributed by atoms with Crippen LogP contribution in [0.15, 0.2) is 79.1 Å². The topological polar surface area (TPSA) is 63.2 Å². The van der Waals surface area contributed by atoms with Crippen molar-refractivity contribution in [2.75, 3.05) is 0 Å². The molecule has 5 nitrogen and oxygen atoms in total. The fourth-order valence-electron chi connectivity index (χ4n) is 4.49. The van der Waals surface area contributed by atoms with Crippen molar-refractivity contribution in [1.29, 1.82) is 0 Å². The molecule has 0 fully saturated rings. The minimum Gasteiger partial charge on any atom is -0.392 e. The Balaban J connectivity index is 1.70. The lowest BCUT2D eigenvalue weighted by Crippen LogP contribution is -2.43. The molecule has 1 unspecified atom stereocenters. The maximum absolute atomic E-state index is 14.6.